The zero-order valence-corrected chi connectivity index (χ0v) is 19.4. The normalized spacial score (nSPS) is 12.8. The van der Waals surface area contributed by atoms with Crippen LogP contribution in [0.5, 0.6) is 28.7 Å². The molecule has 3 aromatic rings. The third-order valence-corrected chi connectivity index (χ3v) is 5.56. The van der Waals surface area contributed by atoms with Crippen LogP contribution in [0.4, 0.5) is 5.69 Å². The molecule has 1 amide bonds. The van der Waals surface area contributed by atoms with Crippen molar-refractivity contribution in [2.75, 3.05) is 26.3 Å². The van der Waals surface area contributed by atoms with E-state index in [9.17, 15) is 14.7 Å². The van der Waals surface area contributed by atoms with Crippen molar-refractivity contribution in [3.8, 4) is 28.7 Å². The van der Waals surface area contributed by atoms with Gasteiger partial charge in [0.15, 0.2) is 11.5 Å². The first kappa shape index (κ1) is 23.3. The first-order chi connectivity index (χ1) is 16.3. The zero-order chi connectivity index (χ0) is 24.4. The van der Waals surface area contributed by atoms with Crippen LogP contribution in [0.2, 0.25) is 5.02 Å². The summed E-state index contributed by atoms with van der Waals surface area (Å²) >= 11 is 6.02. The molecule has 9 nitrogen and oxygen atoms in total. The van der Waals surface area contributed by atoms with Crippen molar-refractivity contribution in [1.29, 1.82) is 0 Å². The highest BCUT2D eigenvalue weighted by molar-refractivity contribution is 6.30. The van der Waals surface area contributed by atoms with E-state index in [1.54, 1.807) is 30.3 Å². The van der Waals surface area contributed by atoms with Gasteiger partial charge in [0.05, 0.1) is 19.8 Å². The number of benzene rings is 2. The number of methoxy groups -OCH3 is 2. The fraction of sp³-hybridized carbons (Fsp3) is 0.250. The molecule has 1 atom stereocenters. The van der Waals surface area contributed by atoms with E-state index in [1.807, 2.05) is 0 Å². The number of aryl methyl sites for hydroxylation is 1. The molecule has 0 saturated heterocycles. The maximum absolute atomic E-state index is 13.1. The van der Waals surface area contributed by atoms with Crippen LogP contribution >= 0.6 is 11.6 Å². The number of anilines is 1. The number of halogens is 1. The Balaban J connectivity index is 1.84. The smallest absolute Gasteiger partial charge is 0.343 e. The molecule has 2 heterocycles. The number of amides is 1. The molecule has 4 rings (SSSR count). The van der Waals surface area contributed by atoms with E-state index >= 15 is 0 Å². The topological polar surface area (TPSA) is 116 Å². The molecular formula is C24H22ClNO8. The monoisotopic (exact) mass is 487 g/mol. The Morgan fingerprint density at radius 2 is 1.94 bits per heavy atom. The van der Waals surface area contributed by atoms with Crippen molar-refractivity contribution in [2.24, 2.45) is 0 Å². The summed E-state index contributed by atoms with van der Waals surface area (Å²) in [6.07, 6.45) is -0.243. The van der Waals surface area contributed by atoms with Crippen molar-refractivity contribution >= 4 is 23.2 Å². The molecule has 1 aliphatic rings. The van der Waals surface area contributed by atoms with Crippen LogP contribution < -0.4 is 29.9 Å². The standard InChI is InChI=1S/C24H22ClNO8/c1-12-7-17(27)20(24(29)34-12)15(10-19(28)26-14-6-4-5-13(25)8-14)16-9-18(30-2)22-23(21(16)31-3)33-11-32-22/h4-9,15,27H,10-11H2,1-3H3,(H,26,28). The molecule has 1 aliphatic heterocycles. The number of aromatic hydroxyl groups is 1. The summed E-state index contributed by atoms with van der Waals surface area (Å²) in [5.74, 6) is -0.331. The van der Waals surface area contributed by atoms with Crippen molar-refractivity contribution in [1.82, 2.24) is 0 Å². The van der Waals surface area contributed by atoms with Gasteiger partial charge in [-0.25, -0.2) is 4.79 Å². The molecule has 10 heteroatoms. The number of ether oxygens (including phenoxy) is 4. The van der Waals surface area contributed by atoms with Gasteiger partial charge in [-0.1, -0.05) is 17.7 Å². The van der Waals surface area contributed by atoms with Crippen LogP contribution in [0, 0.1) is 6.92 Å². The summed E-state index contributed by atoms with van der Waals surface area (Å²) in [4.78, 5) is 25.9. The highest BCUT2D eigenvalue weighted by Crippen LogP contribution is 2.52. The number of nitrogens with one attached hydrogen (secondary N) is 1. The lowest BCUT2D eigenvalue weighted by Gasteiger charge is -2.22. The molecule has 2 aromatic carbocycles. The van der Waals surface area contributed by atoms with Gasteiger partial charge in [-0.2, -0.15) is 0 Å². The van der Waals surface area contributed by atoms with Gasteiger partial charge in [-0.05, 0) is 31.2 Å². The number of hydrogen-bond acceptors (Lipinski definition) is 8. The van der Waals surface area contributed by atoms with E-state index < -0.39 is 17.5 Å². The first-order valence-electron chi connectivity index (χ1n) is 10.3. The van der Waals surface area contributed by atoms with Crippen LogP contribution in [0.15, 0.2) is 45.6 Å². The summed E-state index contributed by atoms with van der Waals surface area (Å²) in [5.41, 5.74) is -0.0363. The predicted octanol–water partition coefficient (Wildman–Crippen LogP) is 4.21. The van der Waals surface area contributed by atoms with Crippen LogP contribution in [-0.4, -0.2) is 32.0 Å². The van der Waals surface area contributed by atoms with Gasteiger partial charge in [0, 0.05) is 34.7 Å². The average molecular weight is 488 g/mol. The third kappa shape index (κ3) is 4.47. The van der Waals surface area contributed by atoms with Gasteiger partial charge in [0.25, 0.3) is 0 Å². The molecule has 2 N–H and O–H groups in total. The lowest BCUT2D eigenvalue weighted by atomic mass is 9.87. The molecule has 34 heavy (non-hydrogen) atoms. The van der Waals surface area contributed by atoms with Gasteiger partial charge < -0.3 is 33.8 Å². The number of hydrogen-bond donors (Lipinski definition) is 2. The Kier molecular flexibility index (Phi) is 6.56. The number of carbonyl (C=O) groups is 1. The largest absolute Gasteiger partial charge is 0.507 e. The number of carbonyl (C=O) groups excluding carboxylic acids is 1. The van der Waals surface area contributed by atoms with Gasteiger partial charge >= 0.3 is 5.63 Å². The van der Waals surface area contributed by atoms with E-state index in [0.717, 1.165) is 0 Å². The summed E-state index contributed by atoms with van der Waals surface area (Å²) in [5, 5.41) is 13.9. The van der Waals surface area contributed by atoms with Crippen molar-refractivity contribution in [3.63, 3.8) is 0 Å². The van der Waals surface area contributed by atoms with E-state index in [0.29, 0.717) is 27.8 Å². The molecule has 0 saturated carbocycles. The third-order valence-electron chi connectivity index (χ3n) is 5.33. The van der Waals surface area contributed by atoms with Crippen LogP contribution in [0.3, 0.4) is 0 Å². The summed E-state index contributed by atoms with van der Waals surface area (Å²) < 4.78 is 27.3. The van der Waals surface area contributed by atoms with Crippen molar-refractivity contribution in [3.05, 3.63) is 68.7 Å². The van der Waals surface area contributed by atoms with E-state index in [-0.39, 0.29) is 41.8 Å². The molecule has 0 spiro atoms. The second-order valence-corrected chi connectivity index (χ2v) is 7.96. The number of rotatable bonds is 7. The molecule has 0 bridgehead atoms. The lowest BCUT2D eigenvalue weighted by molar-refractivity contribution is -0.116. The van der Waals surface area contributed by atoms with Crippen LogP contribution in [-0.2, 0) is 4.79 Å². The van der Waals surface area contributed by atoms with Crippen LogP contribution in [0.1, 0.15) is 29.2 Å². The number of fused-ring (bicyclic) bond motifs is 1. The molecule has 0 radical (unpaired) electrons. The van der Waals surface area contributed by atoms with E-state index in [2.05, 4.69) is 5.32 Å². The minimum absolute atomic E-state index is 0.0522. The molecule has 1 aromatic heterocycles. The maximum Gasteiger partial charge on any atom is 0.343 e. The Hall–Kier alpha value is -3.85. The quantitative estimate of drug-likeness (QED) is 0.509. The second kappa shape index (κ2) is 9.56. The maximum atomic E-state index is 13.1. The summed E-state index contributed by atoms with van der Waals surface area (Å²) in [6.45, 7) is 1.49. The van der Waals surface area contributed by atoms with Gasteiger partial charge in [0.1, 0.15) is 11.5 Å². The highest BCUT2D eigenvalue weighted by atomic mass is 35.5. The van der Waals surface area contributed by atoms with Gasteiger partial charge in [-0.3, -0.25) is 4.79 Å². The van der Waals surface area contributed by atoms with Crippen LogP contribution in [0.25, 0.3) is 0 Å². The van der Waals surface area contributed by atoms with Crippen molar-refractivity contribution in [2.45, 2.75) is 19.3 Å². The summed E-state index contributed by atoms with van der Waals surface area (Å²) in [6, 6.07) is 9.55. The Morgan fingerprint density at radius 3 is 2.62 bits per heavy atom. The molecule has 0 fully saturated rings. The minimum Gasteiger partial charge on any atom is -0.507 e. The molecule has 178 valence electrons. The SMILES string of the molecule is COc1cc(C(CC(=O)Nc2cccc(Cl)c2)c2c(O)cc(C)oc2=O)c(OC)c2c1OCO2. The molecule has 0 aliphatic carbocycles. The van der Waals surface area contributed by atoms with Gasteiger partial charge in [0.2, 0.25) is 24.2 Å². The minimum atomic E-state index is -0.977. The van der Waals surface area contributed by atoms with E-state index in [4.69, 9.17) is 35.0 Å². The summed E-state index contributed by atoms with van der Waals surface area (Å²) in [7, 11) is 2.87. The highest BCUT2D eigenvalue weighted by Gasteiger charge is 2.34. The zero-order valence-electron chi connectivity index (χ0n) is 18.6. The van der Waals surface area contributed by atoms with E-state index in [1.165, 1.54) is 27.2 Å². The lowest BCUT2D eigenvalue weighted by Crippen LogP contribution is -2.21. The Morgan fingerprint density at radius 1 is 1.18 bits per heavy atom. The predicted molar refractivity (Wildman–Crippen MR) is 124 cm³/mol. The van der Waals surface area contributed by atoms with Crippen molar-refractivity contribution < 1.29 is 33.3 Å². The average Bonchev–Trinajstić information content (AvgIpc) is 3.26. The fourth-order valence-corrected chi connectivity index (χ4v) is 4.10. The first-order valence-corrected chi connectivity index (χ1v) is 10.6. The Bertz CT molecular complexity index is 1300. The molecular weight excluding hydrogens is 466 g/mol. The second-order valence-electron chi connectivity index (χ2n) is 7.52. The Labute approximate surface area is 199 Å². The molecule has 1 unspecified atom stereocenters. The fourth-order valence-electron chi connectivity index (χ4n) is 3.91. The van der Waals surface area contributed by atoms with Gasteiger partial charge in [-0.15, -0.1) is 0 Å².